The van der Waals surface area contributed by atoms with Crippen LogP contribution in [-0.2, 0) is 21.6 Å². The van der Waals surface area contributed by atoms with Crippen LogP contribution in [0, 0.1) is 11.6 Å². The van der Waals surface area contributed by atoms with Gasteiger partial charge in [0.2, 0.25) is 10.3 Å². The van der Waals surface area contributed by atoms with Gasteiger partial charge in [0.1, 0.15) is 22.2 Å². The van der Waals surface area contributed by atoms with E-state index in [0.29, 0.717) is 5.56 Å². The summed E-state index contributed by atoms with van der Waals surface area (Å²) in [4.78, 5) is 17.1. The number of carbonyl (C=O) groups is 1. The van der Waals surface area contributed by atoms with E-state index in [4.69, 9.17) is 11.6 Å². The van der Waals surface area contributed by atoms with E-state index in [9.17, 15) is 22.0 Å². The summed E-state index contributed by atoms with van der Waals surface area (Å²) < 4.78 is 51.6. The Hall–Kier alpha value is -3.36. The second-order valence-electron chi connectivity index (χ2n) is 6.59. The fraction of sp³-hybridized carbons (Fsp3) is 0.0455. The molecule has 0 fully saturated rings. The van der Waals surface area contributed by atoms with E-state index in [-0.39, 0.29) is 38.0 Å². The van der Waals surface area contributed by atoms with Crippen molar-refractivity contribution in [2.45, 2.75) is 6.54 Å². The Morgan fingerprint density at radius 2 is 1.65 bits per heavy atom. The normalized spacial score (nSPS) is 15.2. The molecule has 0 bridgehead atoms. The van der Waals surface area contributed by atoms with Crippen molar-refractivity contribution in [1.82, 2.24) is 5.32 Å². The van der Waals surface area contributed by atoms with E-state index >= 15 is 0 Å². The molecule has 1 aliphatic carbocycles. The molecule has 2 aromatic rings. The standard InChI is InChI=1S/C22H13ClF2N2O3S/c23-14-9-10-17-19(21(14)31(29)30)18(12-5-2-1-3-6-12)20(27-17)22(28)26-11-13-15(24)7-4-8-16(13)25/h1-10H,11H2,(H,26,28). The first-order valence-electron chi connectivity index (χ1n) is 9.03. The summed E-state index contributed by atoms with van der Waals surface area (Å²) in [5.74, 6) is -2.29. The summed E-state index contributed by atoms with van der Waals surface area (Å²) in [7, 11) is -2.69. The molecule has 1 N–H and O–H groups in total. The van der Waals surface area contributed by atoms with Crippen molar-refractivity contribution in [3.8, 4) is 0 Å². The predicted molar refractivity (Wildman–Crippen MR) is 115 cm³/mol. The summed E-state index contributed by atoms with van der Waals surface area (Å²) in [6.07, 6.45) is 2.89. The van der Waals surface area contributed by atoms with E-state index in [1.54, 1.807) is 30.3 Å². The van der Waals surface area contributed by atoms with Crippen LogP contribution in [0.15, 0.2) is 82.0 Å². The third-order valence-corrected chi connectivity index (χ3v) is 5.92. The zero-order valence-corrected chi connectivity index (χ0v) is 17.3. The molecular weight excluding hydrogens is 446 g/mol. The number of allylic oxidation sites excluding steroid dienone is 4. The molecule has 1 heterocycles. The molecule has 0 radical (unpaired) electrons. The van der Waals surface area contributed by atoms with Gasteiger partial charge in [0.25, 0.3) is 5.91 Å². The molecule has 0 saturated heterocycles. The average molecular weight is 459 g/mol. The molecule has 2 aliphatic rings. The number of hydrogen-bond donors (Lipinski definition) is 1. The molecule has 156 valence electrons. The molecule has 1 amide bonds. The second-order valence-corrected chi connectivity index (χ2v) is 7.87. The van der Waals surface area contributed by atoms with Gasteiger partial charge in [-0.15, -0.1) is 0 Å². The maximum absolute atomic E-state index is 13.9. The topological polar surface area (TPSA) is 75.6 Å². The van der Waals surface area contributed by atoms with Crippen LogP contribution in [0.3, 0.4) is 0 Å². The van der Waals surface area contributed by atoms with E-state index < -0.39 is 34.4 Å². The van der Waals surface area contributed by atoms with Gasteiger partial charge in [-0.1, -0.05) is 48.0 Å². The largest absolute Gasteiger partial charge is 0.346 e. The van der Waals surface area contributed by atoms with Gasteiger partial charge in [0.05, 0.1) is 10.7 Å². The van der Waals surface area contributed by atoms with Crippen molar-refractivity contribution >= 4 is 44.0 Å². The number of carbonyl (C=O) groups excluding carboxylic acids is 1. The van der Waals surface area contributed by atoms with E-state index in [1.807, 2.05) is 0 Å². The van der Waals surface area contributed by atoms with Crippen LogP contribution >= 0.6 is 11.6 Å². The number of fused-ring (bicyclic) bond motifs is 1. The Morgan fingerprint density at radius 1 is 0.968 bits per heavy atom. The summed E-state index contributed by atoms with van der Waals surface area (Å²) in [5.41, 5.74) is 0.897. The molecular formula is C22H13ClF2N2O3S. The molecule has 0 saturated carbocycles. The SMILES string of the molecule is O=C(NCc1c(F)cccc1F)C1=NC2=CC=C(Cl)C(=S(=O)=O)C2=C1c1ccccc1. The number of benzene rings is 2. The Balaban J connectivity index is 1.78. The summed E-state index contributed by atoms with van der Waals surface area (Å²) in [6, 6.07) is 12.0. The van der Waals surface area contributed by atoms with Crippen LogP contribution in [0.25, 0.3) is 5.57 Å². The zero-order chi connectivity index (χ0) is 22.1. The number of rotatable bonds is 4. The van der Waals surface area contributed by atoms with E-state index in [1.165, 1.54) is 18.2 Å². The highest BCUT2D eigenvalue weighted by Crippen LogP contribution is 2.38. The molecule has 0 spiro atoms. The van der Waals surface area contributed by atoms with Gasteiger partial charge in [-0.2, -0.15) is 8.42 Å². The first kappa shape index (κ1) is 20.9. The molecule has 31 heavy (non-hydrogen) atoms. The Kier molecular flexibility index (Phi) is 5.67. The molecule has 0 atom stereocenters. The number of hydrogen-bond acceptors (Lipinski definition) is 4. The van der Waals surface area contributed by atoms with Gasteiger partial charge in [0.15, 0.2) is 0 Å². The van der Waals surface area contributed by atoms with E-state index in [2.05, 4.69) is 10.3 Å². The minimum Gasteiger partial charge on any atom is -0.346 e. The maximum Gasteiger partial charge on any atom is 0.270 e. The van der Waals surface area contributed by atoms with Crippen molar-refractivity contribution in [1.29, 1.82) is 0 Å². The van der Waals surface area contributed by atoms with E-state index in [0.717, 1.165) is 12.1 Å². The lowest BCUT2D eigenvalue weighted by Gasteiger charge is -2.13. The number of nitrogens with zero attached hydrogens (tertiary/aromatic N) is 1. The van der Waals surface area contributed by atoms with Gasteiger partial charge >= 0.3 is 0 Å². The van der Waals surface area contributed by atoms with Gasteiger partial charge in [-0.3, -0.25) is 4.79 Å². The summed E-state index contributed by atoms with van der Waals surface area (Å²) in [6.45, 7) is -0.407. The molecule has 5 nitrogen and oxygen atoms in total. The van der Waals surface area contributed by atoms with Crippen LogP contribution in [0.4, 0.5) is 8.78 Å². The van der Waals surface area contributed by atoms with Gasteiger partial charge in [-0.25, -0.2) is 13.8 Å². The first-order valence-corrected chi connectivity index (χ1v) is 10.5. The third-order valence-electron chi connectivity index (χ3n) is 4.74. The number of halogens is 3. The number of amides is 1. The Bertz CT molecular complexity index is 1350. The van der Waals surface area contributed by atoms with Crippen LogP contribution in [0.1, 0.15) is 11.1 Å². The van der Waals surface area contributed by atoms with Crippen molar-refractivity contribution in [2.24, 2.45) is 4.99 Å². The second kappa shape index (κ2) is 8.41. The molecule has 0 unspecified atom stereocenters. The van der Waals surface area contributed by atoms with Crippen molar-refractivity contribution in [2.75, 3.05) is 0 Å². The maximum atomic E-state index is 13.9. The monoisotopic (exact) mass is 458 g/mol. The zero-order valence-electron chi connectivity index (χ0n) is 15.7. The van der Waals surface area contributed by atoms with Crippen LogP contribution < -0.4 is 5.32 Å². The van der Waals surface area contributed by atoms with Crippen molar-refractivity contribution < 1.29 is 22.0 Å². The van der Waals surface area contributed by atoms with Gasteiger partial charge < -0.3 is 5.32 Å². The minimum atomic E-state index is -2.69. The number of nitrogens with one attached hydrogen (secondary N) is 1. The highest BCUT2D eigenvalue weighted by molar-refractivity contribution is 7.74. The molecule has 1 aliphatic heterocycles. The van der Waals surface area contributed by atoms with Crippen molar-refractivity contribution in [3.05, 3.63) is 99.7 Å². The first-order chi connectivity index (χ1) is 14.9. The molecule has 4 rings (SSSR count). The molecule has 9 heteroatoms. The predicted octanol–water partition coefficient (Wildman–Crippen LogP) is 3.56. The lowest BCUT2D eigenvalue weighted by molar-refractivity contribution is -0.114. The third kappa shape index (κ3) is 3.87. The molecule has 0 aromatic heterocycles. The van der Waals surface area contributed by atoms with Gasteiger partial charge in [0, 0.05) is 23.3 Å². The summed E-state index contributed by atoms with van der Waals surface area (Å²) >= 11 is 6.12. The Labute approximate surface area is 182 Å². The fourth-order valence-electron chi connectivity index (χ4n) is 3.34. The van der Waals surface area contributed by atoms with Crippen LogP contribution in [0.2, 0.25) is 0 Å². The van der Waals surface area contributed by atoms with Crippen molar-refractivity contribution in [3.63, 3.8) is 0 Å². The van der Waals surface area contributed by atoms with Gasteiger partial charge in [-0.05, 0) is 29.8 Å². The quantitative estimate of drug-likeness (QED) is 0.712. The highest BCUT2D eigenvalue weighted by Gasteiger charge is 2.35. The summed E-state index contributed by atoms with van der Waals surface area (Å²) in [5, 5.41) is 2.45. The fourth-order valence-corrected chi connectivity index (χ4v) is 4.29. The average Bonchev–Trinajstić information content (AvgIpc) is 3.13. The Morgan fingerprint density at radius 3 is 2.29 bits per heavy atom. The van der Waals surface area contributed by atoms with Crippen LogP contribution in [-0.4, -0.2) is 24.9 Å². The number of aliphatic imine (C=N–C) groups is 1. The smallest absolute Gasteiger partial charge is 0.270 e. The minimum absolute atomic E-state index is 0.00852. The van der Waals surface area contributed by atoms with Crippen LogP contribution in [0.5, 0.6) is 0 Å². The highest BCUT2D eigenvalue weighted by atomic mass is 35.5. The lowest BCUT2D eigenvalue weighted by atomic mass is 9.92. The molecule has 2 aromatic carbocycles. The lowest BCUT2D eigenvalue weighted by Crippen LogP contribution is -2.31.